The lowest BCUT2D eigenvalue weighted by Gasteiger charge is -2.27. The van der Waals surface area contributed by atoms with E-state index in [1.807, 2.05) is 0 Å². The van der Waals surface area contributed by atoms with Crippen LogP contribution in [-0.2, 0) is 19.5 Å². The van der Waals surface area contributed by atoms with E-state index in [4.69, 9.17) is 5.26 Å². The normalized spacial score (nSPS) is 17.7. The third-order valence-corrected chi connectivity index (χ3v) is 5.96. The fourth-order valence-corrected chi connectivity index (χ4v) is 4.30. The average Bonchev–Trinajstić information content (AvgIpc) is 3.44. The Bertz CT molecular complexity index is 1280. The van der Waals surface area contributed by atoms with Crippen molar-refractivity contribution in [2.45, 2.75) is 25.4 Å². The second kappa shape index (κ2) is 8.01. The number of nitrogens with zero attached hydrogens (tertiary/aromatic N) is 7. The molecule has 0 saturated carbocycles. The molecule has 3 amide bonds. The fraction of sp³-hybridized carbons (Fsp3) is 0.333. The van der Waals surface area contributed by atoms with E-state index in [2.05, 4.69) is 25.6 Å². The number of anilines is 1. The Balaban J connectivity index is 1.39. The molecule has 33 heavy (non-hydrogen) atoms. The van der Waals surface area contributed by atoms with Crippen molar-refractivity contribution in [3.8, 4) is 6.07 Å². The molecular formula is C21H20FN9O2. The minimum absolute atomic E-state index is 0.111. The molecule has 2 aliphatic rings. The highest BCUT2D eigenvalue weighted by atomic mass is 19.1. The van der Waals surface area contributed by atoms with Gasteiger partial charge in [0, 0.05) is 37.8 Å². The van der Waals surface area contributed by atoms with Gasteiger partial charge < -0.3 is 15.1 Å². The standard InChI is InChI=1S/C21H20FN9O2/c1-29-8-13(19-24-11-25-27-19)9-31-18(20(29)32)15-10-30(5-4-17(15)28-31)21(33)26-14-2-3-16(22)12(6-14)7-23/h2-3,6,11,13H,4-5,8-10H2,1H3,(H,26,33)(H,24,25,27). The second-order valence-corrected chi connectivity index (χ2v) is 8.10. The Hall–Kier alpha value is -4.27. The van der Waals surface area contributed by atoms with E-state index in [1.54, 1.807) is 27.6 Å². The molecule has 12 heteroatoms. The van der Waals surface area contributed by atoms with Crippen LogP contribution < -0.4 is 5.32 Å². The topological polar surface area (TPSA) is 136 Å². The van der Waals surface area contributed by atoms with Gasteiger partial charge in [0.05, 0.1) is 30.3 Å². The maximum Gasteiger partial charge on any atom is 0.322 e. The van der Waals surface area contributed by atoms with E-state index in [0.717, 1.165) is 17.3 Å². The summed E-state index contributed by atoms with van der Waals surface area (Å²) < 4.78 is 15.3. The lowest BCUT2D eigenvalue weighted by molar-refractivity contribution is 0.0788. The first-order valence-electron chi connectivity index (χ1n) is 10.4. The molecule has 2 N–H and O–H groups in total. The Labute approximate surface area is 187 Å². The molecule has 168 valence electrons. The first-order chi connectivity index (χ1) is 15.9. The van der Waals surface area contributed by atoms with Crippen molar-refractivity contribution in [1.82, 2.24) is 34.8 Å². The van der Waals surface area contributed by atoms with Crippen LogP contribution in [0.15, 0.2) is 24.5 Å². The average molecular weight is 449 g/mol. The first-order valence-corrected chi connectivity index (χ1v) is 10.4. The zero-order chi connectivity index (χ0) is 23.1. The summed E-state index contributed by atoms with van der Waals surface area (Å²) in [6.07, 6.45) is 2.01. The number of nitrogens with one attached hydrogen (secondary N) is 2. The third kappa shape index (κ3) is 3.67. The number of hydrogen-bond donors (Lipinski definition) is 2. The summed E-state index contributed by atoms with van der Waals surface area (Å²) in [6, 6.07) is 5.18. The number of nitriles is 1. The maximum absolute atomic E-state index is 13.6. The van der Waals surface area contributed by atoms with E-state index < -0.39 is 11.8 Å². The number of aromatic amines is 1. The number of fused-ring (bicyclic) bond motifs is 3. The van der Waals surface area contributed by atoms with Crippen molar-refractivity contribution < 1.29 is 14.0 Å². The van der Waals surface area contributed by atoms with Crippen LogP contribution in [0.4, 0.5) is 14.9 Å². The van der Waals surface area contributed by atoms with E-state index >= 15 is 0 Å². The molecule has 2 aliphatic heterocycles. The van der Waals surface area contributed by atoms with Gasteiger partial charge >= 0.3 is 6.03 Å². The number of aromatic nitrogens is 5. The van der Waals surface area contributed by atoms with Gasteiger partial charge in [0.15, 0.2) is 5.82 Å². The molecule has 0 spiro atoms. The molecule has 1 unspecified atom stereocenters. The van der Waals surface area contributed by atoms with Crippen molar-refractivity contribution in [2.75, 3.05) is 25.5 Å². The second-order valence-electron chi connectivity index (χ2n) is 8.10. The molecule has 11 nitrogen and oxygen atoms in total. The zero-order valence-corrected chi connectivity index (χ0v) is 17.7. The van der Waals surface area contributed by atoms with Crippen molar-refractivity contribution in [1.29, 1.82) is 5.26 Å². The lowest BCUT2D eigenvalue weighted by atomic mass is 10.0. The van der Waals surface area contributed by atoms with E-state index in [-0.39, 0.29) is 23.9 Å². The monoisotopic (exact) mass is 449 g/mol. The molecule has 0 radical (unpaired) electrons. The third-order valence-electron chi connectivity index (χ3n) is 5.96. The molecule has 1 atom stereocenters. The number of urea groups is 1. The Morgan fingerprint density at radius 2 is 2.21 bits per heavy atom. The van der Waals surface area contributed by atoms with Crippen LogP contribution in [0.2, 0.25) is 0 Å². The van der Waals surface area contributed by atoms with E-state index in [9.17, 15) is 14.0 Å². The van der Waals surface area contributed by atoms with Crippen LogP contribution in [0.25, 0.3) is 0 Å². The van der Waals surface area contributed by atoms with Crippen LogP contribution in [0.5, 0.6) is 0 Å². The molecular weight excluding hydrogens is 429 g/mol. The highest BCUT2D eigenvalue weighted by Gasteiger charge is 2.35. The Morgan fingerprint density at radius 3 is 2.97 bits per heavy atom. The smallest absolute Gasteiger partial charge is 0.322 e. The predicted octanol–water partition coefficient (Wildman–Crippen LogP) is 1.47. The van der Waals surface area contributed by atoms with Gasteiger partial charge in [0.25, 0.3) is 5.91 Å². The quantitative estimate of drug-likeness (QED) is 0.608. The van der Waals surface area contributed by atoms with Gasteiger partial charge in [-0.25, -0.2) is 14.2 Å². The summed E-state index contributed by atoms with van der Waals surface area (Å²) in [5.41, 5.74) is 2.16. The summed E-state index contributed by atoms with van der Waals surface area (Å²) in [7, 11) is 1.73. The van der Waals surface area contributed by atoms with E-state index in [1.165, 1.54) is 18.5 Å². The Morgan fingerprint density at radius 1 is 1.36 bits per heavy atom. The lowest BCUT2D eigenvalue weighted by Crippen LogP contribution is -2.39. The molecule has 0 aliphatic carbocycles. The number of benzene rings is 1. The fourth-order valence-electron chi connectivity index (χ4n) is 4.30. The number of rotatable bonds is 2. The zero-order valence-electron chi connectivity index (χ0n) is 17.7. The number of H-pyrrole nitrogens is 1. The molecule has 0 fully saturated rings. The minimum atomic E-state index is -0.647. The van der Waals surface area contributed by atoms with Gasteiger partial charge in [-0.3, -0.25) is 14.6 Å². The number of carbonyl (C=O) groups excluding carboxylic acids is 2. The predicted molar refractivity (Wildman–Crippen MR) is 113 cm³/mol. The van der Waals surface area contributed by atoms with Gasteiger partial charge in [-0.15, -0.1) is 0 Å². The van der Waals surface area contributed by atoms with Crippen LogP contribution in [0.3, 0.4) is 0 Å². The summed E-state index contributed by atoms with van der Waals surface area (Å²) in [4.78, 5) is 33.5. The maximum atomic E-state index is 13.6. The number of hydrogen-bond acceptors (Lipinski definition) is 6. The number of halogens is 1. The van der Waals surface area contributed by atoms with Crippen molar-refractivity contribution in [3.05, 3.63) is 58.7 Å². The minimum Gasteiger partial charge on any atom is -0.340 e. The summed E-state index contributed by atoms with van der Waals surface area (Å²) in [5.74, 6) is -0.305. The molecule has 0 bridgehead atoms. The van der Waals surface area contributed by atoms with Gasteiger partial charge in [0.1, 0.15) is 23.9 Å². The van der Waals surface area contributed by atoms with E-state index in [0.29, 0.717) is 43.3 Å². The highest BCUT2D eigenvalue weighted by molar-refractivity contribution is 5.95. The van der Waals surface area contributed by atoms with Crippen LogP contribution >= 0.6 is 0 Å². The number of carbonyl (C=O) groups is 2. The van der Waals surface area contributed by atoms with Crippen LogP contribution in [0.1, 0.15) is 39.1 Å². The molecule has 2 aromatic heterocycles. The molecule has 1 aromatic carbocycles. The summed E-state index contributed by atoms with van der Waals surface area (Å²) >= 11 is 0. The molecule has 5 rings (SSSR count). The SMILES string of the molecule is CN1CC(c2nc[nH]n2)Cn2nc3c(c2C1=O)CN(C(=O)Nc1ccc(F)c(C#N)c1)CC3. The van der Waals surface area contributed by atoms with Gasteiger partial charge in [-0.05, 0) is 18.2 Å². The van der Waals surface area contributed by atoms with Gasteiger partial charge in [-0.2, -0.15) is 15.5 Å². The summed E-state index contributed by atoms with van der Waals surface area (Å²) in [6.45, 7) is 1.53. The first kappa shape index (κ1) is 20.6. The van der Waals surface area contributed by atoms with Crippen LogP contribution in [-0.4, -0.2) is 66.8 Å². The highest BCUT2D eigenvalue weighted by Crippen LogP contribution is 2.29. The number of amides is 3. The van der Waals surface area contributed by atoms with Crippen molar-refractivity contribution in [2.24, 2.45) is 0 Å². The van der Waals surface area contributed by atoms with Crippen molar-refractivity contribution >= 4 is 17.6 Å². The number of likely N-dealkylation sites (N-methyl/N-ethyl adjacent to an activating group) is 1. The Kier molecular flexibility index (Phi) is 5.01. The van der Waals surface area contributed by atoms with Crippen LogP contribution in [0, 0.1) is 17.1 Å². The molecule has 4 heterocycles. The van der Waals surface area contributed by atoms with Crippen molar-refractivity contribution in [3.63, 3.8) is 0 Å². The molecule has 3 aromatic rings. The molecule has 0 saturated heterocycles. The summed E-state index contributed by atoms with van der Waals surface area (Å²) in [5, 5.41) is 23.3. The van der Waals surface area contributed by atoms with Gasteiger partial charge in [0.2, 0.25) is 0 Å². The van der Waals surface area contributed by atoms with Gasteiger partial charge in [-0.1, -0.05) is 0 Å². The largest absolute Gasteiger partial charge is 0.340 e.